The number of aromatic amines is 1. The third-order valence-electron chi connectivity index (χ3n) is 6.95. The highest BCUT2D eigenvalue weighted by molar-refractivity contribution is 6.33. The normalized spacial score (nSPS) is 32.4. The highest BCUT2D eigenvalue weighted by Crippen LogP contribution is 2.43. The summed E-state index contributed by atoms with van der Waals surface area (Å²) in [5.74, 6) is -0.611. The van der Waals surface area contributed by atoms with Crippen molar-refractivity contribution in [2.75, 3.05) is 13.2 Å². The molecule has 4 aromatic heterocycles. The van der Waals surface area contributed by atoms with Gasteiger partial charge in [0.05, 0.1) is 25.9 Å². The number of halogens is 2. The summed E-state index contributed by atoms with van der Waals surface area (Å²) < 4.78 is 24.7. The second kappa shape index (κ2) is 10.9. The first-order chi connectivity index (χ1) is 19.6. The molecule has 0 unspecified atom stereocenters. The van der Waals surface area contributed by atoms with Crippen LogP contribution in [0.2, 0.25) is 10.3 Å². The maximum absolute atomic E-state index is 9.89. The quantitative estimate of drug-likeness (QED) is 0.192. The minimum Gasteiger partial charge on any atom is -0.394 e. The summed E-state index contributed by atoms with van der Waals surface area (Å²) in [6, 6.07) is 0. The van der Waals surface area contributed by atoms with Crippen molar-refractivity contribution in [3.05, 3.63) is 35.1 Å². The Morgan fingerprint density at radius 1 is 0.927 bits per heavy atom. The minimum atomic E-state index is -1.23. The van der Waals surface area contributed by atoms with Gasteiger partial charge in [-0.15, -0.1) is 0 Å². The van der Waals surface area contributed by atoms with E-state index in [-0.39, 0.29) is 34.9 Å². The van der Waals surface area contributed by atoms with Crippen LogP contribution in [0.4, 0.5) is 0 Å². The summed E-state index contributed by atoms with van der Waals surface area (Å²) in [7, 11) is 0. The Hall–Kier alpha value is -2.64. The van der Waals surface area contributed by atoms with Gasteiger partial charge in [0.15, 0.2) is 39.4 Å². The molecule has 0 saturated carbocycles. The number of imidazole rings is 2. The topological polar surface area (TPSA) is 216 Å². The molecule has 7 rings (SSSR count). The van der Waals surface area contributed by atoms with E-state index < -0.39 is 49.1 Å². The van der Waals surface area contributed by atoms with Gasteiger partial charge in [-0.3, -0.25) is 4.57 Å². The number of H-pyrrole nitrogens is 1. The fourth-order valence-electron chi connectivity index (χ4n) is 5.09. The molecule has 5 N–H and O–H groups in total. The van der Waals surface area contributed by atoms with E-state index >= 15 is 0 Å². The maximum Gasteiger partial charge on any atom is 0.182 e. The average Bonchev–Trinajstić information content (AvgIpc) is 3.75. The largest absolute Gasteiger partial charge is 0.394 e. The molecule has 16 nitrogen and oxygen atoms in total. The molecule has 0 bridgehead atoms. The fourth-order valence-corrected chi connectivity index (χ4v) is 5.50. The van der Waals surface area contributed by atoms with Crippen molar-refractivity contribution in [2.45, 2.75) is 68.6 Å². The van der Waals surface area contributed by atoms with Crippen LogP contribution in [0.25, 0.3) is 22.3 Å². The number of aliphatic hydroxyl groups is 4. The molecule has 3 saturated heterocycles. The lowest BCUT2D eigenvalue weighted by Crippen LogP contribution is -2.32. The Kier molecular flexibility index (Phi) is 7.56. The number of hydrogen-bond donors (Lipinski definition) is 5. The Balaban J connectivity index is 0.000000149. The average molecular weight is 613 g/mol. The lowest BCUT2D eigenvalue weighted by atomic mass is 10.1. The zero-order valence-electron chi connectivity index (χ0n) is 21.6. The summed E-state index contributed by atoms with van der Waals surface area (Å²) >= 11 is 12.0. The first-order valence-electron chi connectivity index (χ1n) is 12.6. The van der Waals surface area contributed by atoms with Gasteiger partial charge in [0.2, 0.25) is 0 Å². The number of hydrogen-bond acceptors (Lipinski definition) is 14. The summed E-state index contributed by atoms with van der Waals surface area (Å²) in [6.07, 6.45) is -1.56. The molecule has 4 aromatic rings. The predicted molar refractivity (Wildman–Crippen MR) is 139 cm³/mol. The molecule has 7 heterocycles. The molecule has 18 heteroatoms. The van der Waals surface area contributed by atoms with E-state index in [1.54, 1.807) is 10.9 Å². The molecule has 8 atom stereocenters. The van der Waals surface area contributed by atoms with E-state index in [9.17, 15) is 15.3 Å². The number of fused-ring (bicyclic) bond motifs is 3. The van der Waals surface area contributed by atoms with Crippen LogP contribution in [0.1, 0.15) is 32.0 Å². The Morgan fingerprint density at radius 2 is 1.68 bits per heavy atom. The third kappa shape index (κ3) is 5.03. The molecule has 220 valence electrons. The summed E-state index contributed by atoms with van der Waals surface area (Å²) in [6.45, 7) is 3.11. The van der Waals surface area contributed by atoms with Gasteiger partial charge in [0, 0.05) is 0 Å². The molecule has 0 spiro atoms. The first kappa shape index (κ1) is 28.5. The van der Waals surface area contributed by atoms with Crippen molar-refractivity contribution in [2.24, 2.45) is 0 Å². The van der Waals surface area contributed by atoms with E-state index in [4.69, 9.17) is 47.3 Å². The molecule has 0 radical (unpaired) electrons. The lowest BCUT2D eigenvalue weighted by molar-refractivity contribution is -0.199. The van der Waals surface area contributed by atoms with Crippen molar-refractivity contribution < 1.29 is 39.4 Å². The van der Waals surface area contributed by atoms with Crippen molar-refractivity contribution in [1.82, 2.24) is 39.5 Å². The molecule has 41 heavy (non-hydrogen) atoms. The van der Waals surface area contributed by atoms with E-state index in [0.29, 0.717) is 22.3 Å². The smallest absolute Gasteiger partial charge is 0.182 e. The molecule has 3 fully saturated rings. The van der Waals surface area contributed by atoms with Crippen molar-refractivity contribution >= 4 is 45.5 Å². The monoisotopic (exact) mass is 612 g/mol. The number of aromatic nitrogens is 8. The number of nitrogens with zero attached hydrogens (tertiary/aromatic N) is 7. The Labute approximate surface area is 241 Å². The van der Waals surface area contributed by atoms with Gasteiger partial charge < -0.3 is 44.4 Å². The van der Waals surface area contributed by atoms with E-state index in [1.807, 2.05) is 13.8 Å². The molecule has 0 amide bonds. The summed E-state index contributed by atoms with van der Waals surface area (Å²) in [4.78, 5) is 27.2. The molecular weight excluding hydrogens is 587 g/mol. The first-order valence-corrected chi connectivity index (χ1v) is 13.3. The van der Waals surface area contributed by atoms with Crippen LogP contribution >= 0.6 is 23.2 Å². The lowest BCUT2D eigenvalue weighted by Gasteiger charge is -2.24. The zero-order chi connectivity index (χ0) is 29.1. The van der Waals surface area contributed by atoms with Crippen LogP contribution in [0.5, 0.6) is 0 Å². The van der Waals surface area contributed by atoms with Crippen molar-refractivity contribution in [3.8, 4) is 0 Å². The van der Waals surface area contributed by atoms with Crippen molar-refractivity contribution in [3.63, 3.8) is 0 Å². The van der Waals surface area contributed by atoms with Crippen LogP contribution in [0, 0.1) is 0 Å². The highest BCUT2D eigenvalue weighted by atomic mass is 35.5. The number of rotatable bonds is 4. The Morgan fingerprint density at radius 3 is 2.41 bits per heavy atom. The van der Waals surface area contributed by atoms with Gasteiger partial charge in [-0.25, -0.2) is 29.9 Å². The molecule has 3 aliphatic rings. The van der Waals surface area contributed by atoms with Gasteiger partial charge in [0.25, 0.3) is 0 Å². The molecule has 0 aliphatic carbocycles. The van der Waals surface area contributed by atoms with E-state index in [2.05, 4.69) is 34.9 Å². The zero-order valence-corrected chi connectivity index (χ0v) is 23.1. The molecule has 3 aliphatic heterocycles. The van der Waals surface area contributed by atoms with Gasteiger partial charge in [0.1, 0.15) is 60.1 Å². The second-order valence-electron chi connectivity index (χ2n) is 10.0. The third-order valence-corrected chi connectivity index (χ3v) is 7.50. The highest BCUT2D eigenvalue weighted by Gasteiger charge is 2.56. The number of nitrogens with one attached hydrogen (secondary N) is 1. The van der Waals surface area contributed by atoms with Crippen LogP contribution in [0.15, 0.2) is 19.0 Å². The summed E-state index contributed by atoms with van der Waals surface area (Å²) in [5.41, 5.74) is 1.87. The molecule has 0 aromatic carbocycles. The van der Waals surface area contributed by atoms with E-state index in [0.717, 1.165) is 0 Å². The van der Waals surface area contributed by atoms with Gasteiger partial charge in [-0.1, -0.05) is 23.2 Å². The fraction of sp³-hybridized carbons (Fsp3) is 0.565. The standard InChI is InChI=1S/C13H15ClN4O4.C10H11ClN4O4/c1-13(2)21-8-6(3-19)20-12(9(8)22-13)18-5-17-7-10(14)15-4-16-11(7)18;11-8-4-9(13-2-12-4)15-10(14-8)7-6(18)5(17)3(1-16)19-7/h4-6,8-9,12,19H,3H2,1-2H3;2-3,5-7,16-18H,1H2,(H,12,13,14,15)/t6-,8-,9-,12-;3-,5-,6-,7-/m11/s1. The molecular formula is C23H26Cl2N8O8. The van der Waals surface area contributed by atoms with Crippen LogP contribution in [-0.2, 0) is 18.9 Å². The van der Waals surface area contributed by atoms with E-state index in [1.165, 1.54) is 12.7 Å². The maximum atomic E-state index is 9.89. The van der Waals surface area contributed by atoms with Crippen molar-refractivity contribution in [1.29, 1.82) is 0 Å². The van der Waals surface area contributed by atoms with Crippen LogP contribution in [-0.4, -0.2) is 116 Å². The van der Waals surface area contributed by atoms with Gasteiger partial charge in [-0.05, 0) is 13.8 Å². The van der Waals surface area contributed by atoms with Crippen LogP contribution in [0.3, 0.4) is 0 Å². The predicted octanol–water partition coefficient (Wildman–Crippen LogP) is 0.0498. The number of ether oxygens (including phenoxy) is 4. The van der Waals surface area contributed by atoms with Gasteiger partial charge >= 0.3 is 0 Å². The number of aliphatic hydroxyl groups excluding tert-OH is 4. The Bertz CT molecular complexity index is 1550. The SMILES string of the molecule is CC1(C)O[C@@H]2[C@H](O1)[C@@H](CO)O[C@H]2n1cnc2c(Cl)ncnc21.OC[C@H]1O[C@@H](c2nc(Cl)c3[nH]cnc3n2)[C@H](O)[C@@H]1O. The summed E-state index contributed by atoms with van der Waals surface area (Å²) in [5, 5.41) is 38.6. The second-order valence-corrected chi connectivity index (χ2v) is 10.7. The minimum absolute atomic E-state index is 0.118. The van der Waals surface area contributed by atoms with Gasteiger partial charge in [-0.2, -0.15) is 0 Å². The van der Waals surface area contributed by atoms with Crippen LogP contribution < -0.4 is 0 Å².